The molecule has 4 unspecified atom stereocenters. The summed E-state index contributed by atoms with van der Waals surface area (Å²) >= 11 is 1.98. The lowest BCUT2D eigenvalue weighted by Crippen LogP contribution is -2.55. The lowest BCUT2D eigenvalue weighted by Gasteiger charge is -2.43. The van der Waals surface area contributed by atoms with E-state index in [2.05, 4.69) is 82.4 Å². The normalized spacial score (nSPS) is 16.6. The summed E-state index contributed by atoms with van der Waals surface area (Å²) in [6, 6.07) is 6.81. The van der Waals surface area contributed by atoms with Crippen LogP contribution in [0, 0.1) is 23.7 Å². The van der Waals surface area contributed by atoms with Crippen LogP contribution in [0.25, 0.3) is 0 Å². The molecule has 0 radical (unpaired) electrons. The van der Waals surface area contributed by atoms with Crippen LogP contribution in [0.2, 0.25) is 18.1 Å². The molecule has 2 rings (SSSR count). The first-order valence-corrected chi connectivity index (χ1v) is 25.0. The maximum absolute atomic E-state index is 14.0. The van der Waals surface area contributed by atoms with Crippen LogP contribution < -0.4 is 20.7 Å². The number of para-hydroxylation sites is 1. The molecular formula is C43H78N4O7SSi. The second kappa shape index (κ2) is 23.9. The highest BCUT2D eigenvalue weighted by molar-refractivity contribution is 7.99. The number of nitrogens with one attached hydrogen (secondary N) is 3. The first-order valence-electron chi connectivity index (χ1n) is 20.9. The van der Waals surface area contributed by atoms with Gasteiger partial charge in [0.05, 0.1) is 24.3 Å². The van der Waals surface area contributed by atoms with E-state index in [1.54, 1.807) is 13.2 Å². The molecule has 0 bridgehead atoms. The SMILES string of the molecule is COCCCCOc1ccccc1C(=O)NCC(CC(NC(=O)OC(C)(C)C)C(CC(C(=O)NCCN1CCSCC1)C(C)C)O[Si](C)(C)C(C)(C)C)C(C)C. The molecule has 11 nitrogen and oxygen atoms in total. The van der Waals surface area contributed by atoms with Gasteiger partial charge in [0, 0.05) is 63.9 Å². The maximum Gasteiger partial charge on any atom is 0.407 e. The van der Waals surface area contributed by atoms with Crippen molar-refractivity contribution in [2.45, 2.75) is 131 Å². The molecule has 0 aliphatic carbocycles. The summed E-state index contributed by atoms with van der Waals surface area (Å²) in [6.45, 7) is 30.0. The predicted molar refractivity (Wildman–Crippen MR) is 233 cm³/mol. The molecule has 4 atom stereocenters. The Labute approximate surface area is 345 Å². The number of carbonyl (C=O) groups excluding carboxylic acids is 3. The number of rotatable bonds is 23. The Morgan fingerprint density at radius 3 is 2.12 bits per heavy atom. The van der Waals surface area contributed by atoms with Gasteiger partial charge < -0.3 is 34.6 Å². The van der Waals surface area contributed by atoms with Gasteiger partial charge in [0.15, 0.2) is 8.32 Å². The number of carbonyl (C=O) groups is 3. The van der Waals surface area contributed by atoms with Crippen molar-refractivity contribution in [3.8, 4) is 5.75 Å². The number of benzene rings is 1. The summed E-state index contributed by atoms with van der Waals surface area (Å²) in [4.78, 5) is 43.7. The second-order valence-corrected chi connectivity index (χ2v) is 24.5. The highest BCUT2D eigenvalue weighted by Crippen LogP contribution is 2.39. The zero-order chi connectivity index (χ0) is 42.1. The molecule has 1 aromatic rings. The van der Waals surface area contributed by atoms with E-state index in [9.17, 15) is 14.4 Å². The molecule has 1 heterocycles. The van der Waals surface area contributed by atoms with Crippen molar-refractivity contribution in [1.29, 1.82) is 0 Å². The topological polar surface area (TPSA) is 127 Å². The summed E-state index contributed by atoms with van der Waals surface area (Å²) in [5, 5.41) is 9.54. The quantitative estimate of drug-likeness (QED) is 0.0744. The van der Waals surface area contributed by atoms with E-state index in [0.717, 1.165) is 44.0 Å². The molecular weight excluding hydrogens is 745 g/mol. The molecule has 0 saturated carbocycles. The first-order chi connectivity index (χ1) is 26.1. The molecule has 1 fully saturated rings. The number of hydrogen-bond acceptors (Lipinski definition) is 9. The van der Waals surface area contributed by atoms with Crippen LogP contribution in [0.15, 0.2) is 24.3 Å². The Hall–Kier alpha value is -2.32. The number of unbranched alkanes of at least 4 members (excludes halogenated alkanes) is 1. The van der Waals surface area contributed by atoms with Gasteiger partial charge in [-0.1, -0.05) is 60.6 Å². The van der Waals surface area contributed by atoms with Gasteiger partial charge in [-0.25, -0.2) is 4.79 Å². The van der Waals surface area contributed by atoms with E-state index in [1.165, 1.54) is 0 Å². The highest BCUT2D eigenvalue weighted by Gasteiger charge is 2.43. The molecule has 56 heavy (non-hydrogen) atoms. The summed E-state index contributed by atoms with van der Waals surface area (Å²) in [6.07, 6.45) is 1.63. The third kappa shape index (κ3) is 18.1. The number of thioether (sulfide) groups is 1. The standard InChI is InChI=1S/C43H78N4O7SSi/c1-31(2)33(30-45-39(48)34-18-14-15-19-37(34)52-25-17-16-24-51-11)28-36(46-41(50)53-42(5,6)7)38(54-56(12,13)43(8,9)10)29-35(32(3)4)40(49)44-20-21-47-22-26-55-27-23-47/h14-15,18-19,31-33,35-36,38H,16-17,20-30H2,1-13H3,(H,44,49)(H,45,48)(H,46,50). The highest BCUT2D eigenvalue weighted by atomic mass is 32.2. The number of methoxy groups -OCH3 is 1. The fraction of sp³-hybridized carbons (Fsp3) is 0.791. The molecule has 1 aliphatic heterocycles. The van der Waals surface area contributed by atoms with Crippen LogP contribution in [0.5, 0.6) is 5.75 Å². The van der Waals surface area contributed by atoms with Crippen molar-refractivity contribution < 1.29 is 33.0 Å². The van der Waals surface area contributed by atoms with E-state index < -0.39 is 32.2 Å². The Kier molecular flexibility index (Phi) is 21.3. The van der Waals surface area contributed by atoms with Gasteiger partial charge in [0.1, 0.15) is 11.4 Å². The summed E-state index contributed by atoms with van der Waals surface area (Å²) < 4.78 is 24.2. The van der Waals surface area contributed by atoms with Gasteiger partial charge in [-0.2, -0.15) is 11.8 Å². The van der Waals surface area contributed by atoms with Crippen molar-refractivity contribution in [3.05, 3.63) is 29.8 Å². The van der Waals surface area contributed by atoms with Gasteiger partial charge in [-0.15, -0.1) is 0 Å². The molecule has 0 spiro atoms. The zero-order valence-corrected chi connectivity index (χ0v) is 39.0. The summed E-state index contributed by atoms with van der Waals surface area (Å²) in [5.41, 5.74) is -0.225. The number of amides is 3. The molecule has 3 amide bonds. The minimum atomic E-state index is -2.42. The Balaban J connectivity index is 2.42. The van der Waals surface area contributed by atoms with Crippen molar-refractivity contribution in [1.82, 2.24) is 20.9 Å². The number of alkyl carbamates (subject to hydrolysis) is 1. The third-order valence-electron chi connectivity index (χ3n) is 11.0. The maximum atomic E-state index is 14.0. The monoisotopic (exact) mass is 823 g/mol. The molecule has 0 aromatic heterocycles. The lowest BCUT2D eigenvalue weighted by molar-refractivity contribution is -0.127. The van der Waals surface area contributed by atoms with Crippen LogP contribution in [-0.2, 0) is 18.7 Å². The smallest absolute Gasteiger partial charge is 0.407 e. The van der Waals surface area contributed by atoms with Crippen LogP contribution in [0.3, 0.4) is 0 Å². The average molecular weight is 823 g/mol. The van der Waals surface area contributed by atoms with E-state index >= 15 is 0 Å². The van der Waals surface area contributed by atoms with E-state index in [0.29, 0.717) is 50.5 Å². The van der Waals surface area contributed by atoms with Crippen molar-refractivity contribution in [2.75, 3.05) is 64.6 Å². The molecule has 13 heteroatoms. The fourth-order valence-electron chi connectivity index (χ4n) is 6.38. The zero-order valence-electron chi connectivity index (χ0n) is 37.2. The van der Waals surface area contributed by atoms with E-state index in [-0.39, 0.29) is 40.5 Å². The third-order valence-corrected chi connectivity index (χ3v) is 16.5. The summed E-state index contributed by atoms with van der Waals surface area (Å²) in [7, 11) is -0.738. The second-order valence-electron chi connectivity index (χ2n) is 18.5. The van der Waals surface area contributed by atoms with Crippen molar-refractivity contribution >= 4 is 38.0 Å². The largest absolute Gasteiger partial charge is 0.493 e. The minimum Gasteiger partial charge on any atom is -0.493 e. The van der Waals surface area contributed by atoms with Crippen LogP contribution in [0.1, 0.15) is 105 Å². The van der Waals surface area contributed by atoms with Gasteiger partial charge in [-0.3, -0.25) is 14.5 Å². The Morgan fingerprint density at radius 1 is 0.893 bits per heavy atom. The van der Waals surface area contributed by atoms with Crippen LogP contribution in [-0.4, -0.2) is 113 Å². The van der Waals surface area contributed by atoms with Crippen molar-refractivity contribution in [2.24, 2.45) is 23.7 Å². The van der Waals surface area contributed by atoms with E-state index in [1.807, 2.05) is 50.7 Å². The van der Waals surface area contributed by atoms with Gasteiger partial charge in [-0.05, 0) is 94.5 Å². The minimum absolute atomic E-state index is 0.0125. The van der Waals surface area contributed by atoms with Gasteiger partial charge >= 0.3 is 6.09 Å². The van der Waals surface area contributed by atoms with Gasteiger partial charge in [0.25, 0.3) is 5.91 Å². The van der Waals surface area contributed by atoms with E-state index in [4.69, 9.17) is 18.6 Å². The van der Waals surface area contributed by atoms with Crippen LogP contribution in [0.4, 0.5) is 4.79 Å². The first kappa shape index (κ1) is 49.8. The predicted octanol–water partition coefficient (Wildman–Crippen LogP) is 8.00. The van der Waals surface area contributed by atoms with Crippen molar-refractivity contribution in [3.63, 3.8) is 0 Å². The molecule has 1 aliphatic rings. The summed E-state index contributed by atoms with van der Waals surface area (Å²) in [5.74, 6) is 2.40. The molecule has 1 saturated heterocycles. The molecule has 3 N–H and O–H groups in total. The average Bonchev–Trinajstić information content (AvgIpc) is 3.10. The number of ether oxygens (including phenoxy) is 3. The lowest BCUT2D eigenvalue weighted by atomic mass is 9.82. The number of nitrogens with zero attached hydrogens (tertiary/aromatic N) is 1. The van der Waals surface area contributed by atoms with Gasteiger partial charge in [0.2, 0.25) is 5.91 Å². The Bertz CT molecular complexity index is 1330. The molecule has 322 valence electrons. The molecule has 1 aromatic carbocycles. The Morgan fingerprint density at radius 2 is 1.54 bits per heavy atom. The fourth-order valence-corrected chi connectivity index (χ4v) is 8.73. The van der Waals surface area contributed by atoms with Crippen LogP contribution >= 0.6 is 11.8 Å². The number of hydrogen-bond donors (Lipinski definition) is 3.